The van der Waals surface area contributed by atoms with E-state index in [1.54, 1.807) is 7.05 Å². The third-order valence-electron chi connectivity index (χ3n) is 1.59. The van der Waals surface area contributed by atoms with Gasteiger partial charge in [-0.15, -0.1) is 0 Å². The zero-order valence-corrected chi connectivity index (χ0v) is 9.22. The Morgan fingerprint density at radius 3 is 2.69 bits per heavy atom. The van der Waals surface area contributed by atoms with Crippen LogP contribution in [0.1, 0.15) is 12.5 Å². The summed E-state index contributed by atoms with van der Waals surface area (Å²) in [5.74, 6) is 6.00. The molecule has 0 heterocycles. The van der Waals surface area contributed by atoms with E-state index >= 15 is 0 Å². The van der Waals surface area contributed by atoms with Crippen LogP contribution in [0.25, 0.3) is 0 Å². The van der Waals surface area contributed by atoms with Crippen molar-refractivity contribution >= 4 is 21.6 Å². The number of hydrogen-bond donors (Lipinski definition) is 0. The Bertz CT molecular complexity index is 383. The number of rotatable bonds is 0. The van der Waals surface area contributed by atoms with Gasteiger partial charge < -0.3 is 0 Å². The second-order valence-electron chi connectivity index (χ2n) is 2.54. The Kier molecular flexibility index (Phi) is 3.72. The van der Waals surface area contributed by atoms with Crippen LogP contribution in [-0.2, 0) is 0 Å². The van der Waals surface area contributed by atoms with Crippen LogP contribution in [0.4, 0.5) is 0 Å². The predicted molar refractivity (Wildman–Crippen MR) is 60.1 cm³/mol. The molecule has 0 spiro atoms. The van der Waals surface area contributed by atoms with Gasteiger partial charge in [0.2, 0.25) is 0 Å². The summed E-state index contributed by atoms with van der Waals surface area (Å²) in [6.45, 7) is 1.89. The van der Waals surface area contributed by atoms with E-state index in [9.17, 15) is 0 Å². The molecule has 0 amide bonds. The second kappa shape index (κ2) is 4.84. The lowest BCUT2D eigenvalue weighted by molar-refractivity contribution is 1.44. The van der Waals surface area contributed by atoms with Crippen molar-refractivity contribution in [3.05, 3.63) is 34.3 Å². The first-order valence-electron chi connectivity index (χ1n) is 3.94. The Morgan fingerprint density at radius 1 is 1.38 bits per heavy atom. The minimum absolute atomic E-state index is 0.843. The SMILES string of the molecule is CN=C(C)C#Cc1ccccc1Br. The normalized spacial score (nSPS) is 10.5. The van der Waals surface area contributed by atoms with Crippen molar-refractivity contribution in [2.45, 2.75) is 6.92 Å². The van der Waals surface area contributed by atoms with E-state index in [0.717, 1.165) is 15.7 Å². The number of hydrogen-bond acceptors (Lipinski definition) is 1. The van der Waals surface area contributed by atoms with Crippen LogP contribution < -0.4 is 0 Å². The van der Waals surface area contributed by atoms with Gasteiger partial charge in [-0.1, -0.05) is 18.1 Å². The Labute approximate surface area is 87.0 Å². The molecule has 0 aliphatic rings. The third-order valence-corrected chi connectivity index (χ3v) is 2.28. The summed E-state index contributed by atoms with van der Waals surface area (Å²) in [6, 6.07) is 7.88. The highest BCUT2D eigenvalue weighted by molar-refractivity contribution is 9.10. The van der Waals surface area contributed by atoms with Crippen molar-refractivity contribution in [2.24, 2.45) is 4.99 Å². The molecule has 0 aromatic heterocycles. The van der Waals surface area contributed by atoms with E-state index in [0.29, 0.717) is 0 Å². The van der Waals surface area contributed by atoms with Crippen molar-refractivity contribution in [3.63, 3.8) is 0 Å². The number of halogens is 1. The summed E-state index contributed by atoms with van der Waals surface area (Å²) in [5.41, 5.74) is 1.83. The summed E-state index contributed by atoms with van der Waals surface area (Å²) in [4.78, 5) is 3.96. The van der Waals surface area contributed by atoms with Crippen LogP contribution in [0, 0.1) is 11.8 Å². The maximum Gasteiger partial charge on any atom is 0.0813 e. The van der Waals surface area contributed by atoms with Crippen LogP contribution in [0.5, 0.6) is 0 Å². The second-order valence-corrected chi connectivity index (χ2v) is 3.39. The van der Waals surface area contributed by atoms with Crippen LogP contribution in [0.3, 0.4) is 0 Å². The average molecular weight is 236 g/mol. The van der Waals surface area contributed by atoms with Gasteiger partial charge in [0, 0.05) is 17.1 Å². The molecule has 0 aliphatic heterocycles. The first-order valence-corrected chi connectivity index (χ1v) is 4.73. The van der Waals surface area contributed by atoms with E-state index in [-0.39, 0.29) is 0 Å². The van der Waals surface area contributed by atoms with Gasteiger partial charge in [-0.2, -0.15) is 0 Å². The molecule has 66 valence electrons. The van der Waals surface area contributed by atoms with E-state index in [2.05, 4.69) is 32.8 Å². The average Bonchev–Trinajstić information content (AvgIpc) is 2.16. The maximum atomic E-state index is 3.96. The summed E-state index contributed by atoms with van der Waals surface area (Å²) in [5, 5.41) is 0. The minimum atomic E-state index is 0.843. The van der Waals surface area contributed by atoms with Crippen molar-refractivity contribution < 1.29 is 0 Å². The summed E-state index contributed by atoms with van der Waals surface area (Å²) < 4.78 is 1.02. The van der Waals surface area contributed by atoms with Crippen LogP contribution in [0.2, 0.25) is 0 Å². The van der Waals surface area contributed by atoms with E-state index in [4.69, 9.17) is 0 Å². The molecule has 2 heteroatoms. The standard InChI is InChI=1S/C11H10BrN/c1-9(13-2)7-8-10-5-3-4-6-11(10)12/h3-6H,1-2H3. The summed E-state index contributed by atoms with van der Waals surface area (Å²) >= 11 is 3.43. The summed E-state index contributed by atoms with van der Waals surface area (Å²) in [6.07, 6.45) is 0. The zero-order valence-electron chi connectivity index (χ0n) is 7.63. The molecule has 13 heavy (non-hydrogen) atoms. The lowest BCUT2D eigenvalue weighted by Crippen LogP contribution is -1.84. The van der Waals surface area contributed by atoms with Gasteiger partial charge in [-0.25, -0.2) is 0 Å². The lowest BCUT2D eigenvalue weighted by atomic mass is 10.2. The largest absolute Gasteiger partial charge is 0.284 e. The van der Waals surface area contributed by atoms with Crippen molar-refractivity contribution in [3.8, 4) is 11.8 Å². The number of benzene rings is 1. The number of aliphatic imine (C=N–C) groups is 1. The maximum absolute atomic E-state index is 3.96. The Balaban J connectivity index is 2.96. The predicted octanol–water partition coefficient (Wildman–Crippen LogP) is 2.89. The smallest absolute Gasteiger partial charge is 0.0813 e. The molecular formula is C11H10BrN. The van der Waals surface area contributed by atoms with Gasteiger partial charge in [-0.3, -0.25) is 4.99 Å². The van der Waals surface area contributed by atoms with Crippen LogP contribution in [0.15, 0.2) is 33.7 Å². The molecule has 0 N–H and O–H groups in total. The fourth-order valence-electron chi connectivity index (χ4n) is 0.776. The summed E-state index contributed by atoms with van der Waals surface area (Å²) in [7, 11) is 1.74. The van der Waals surface area contributed by atoms with Gasteiger partial charge in [-0.05, 0) is 40.9 Å². The van der Waals surface area contributed by atoms with Crippen molar-refractivity contribution in [2.75, 3.05) is 7.05 Å². The van der Waals surface area contributed by atoms with Crippen molar-refractivity contribution in [1.82, 2.24) is 0 Å². The molecule has 1 rings (SSSR count). The van der Waals surface area contributed by atoms with Gasteiger partial charge in [0.25, 0.3) is 0 Å². The molecule has 1 aromatic rings. The molecule has 0 fully saturated rings. The lowest BCUT2D eigenvalue weighted by Gasteiger charge is -1.92. The monoisotopic (exact) mass is 235 g/mol. The zero-order chi connectivity index (χ0) is 9.68. The highest BCUT2D eigenvalue weighted by Gasteiger charge is 1.91. The number of nitrogens with zero attached hydrogens (tertiary/aromatic N) is 1. The first-order chi connectivity index (χ1) is 6.24. The fourth-order valence-corrected chi connectivity index (χ4v) is 1.16. The van der Waals surface area contributed by atoms with Crippen LogP contribution >= 0.6 is 15.9 Å². The van der Waals surface area contributed by atoms with Crippen LogP contribution in [-0.4, -0.2) is 12.8 Å². The van der Waals surface area contributed by atoms with Gasteiger partial charge in [0.05, 0.1) is 5.71 Å². The van der Waals surface area contributed by atoms with Gasteiger partial charge in [0.1, 0.15) is 0 Å². The molecule has 0 saturated heterocycles. The quantitative estimate of drug-likeness (QED) is 0.485. The molecule has 0 aliphatic carbocycles. The van der Waals surface area contributed by atoms with E-state index in [1.165, 1.54) is 0 Å². The van der Waals surface area contributed by atoms with Gasteiger partial charge in [0.15, 0.2) is 0 Å². The highest BCUT2D eigenvalue weighted by Crippen LogP contribution is 2.13. The molecule has 0 atom stereocenters. The van der Waals surface area contributed by atoms with E-state index in [1.807, 2.05) is 31.2 Å². The first kappa shape index (κ1) is 10.0. The topological polar surface area (TPSA) is 12.4 Å². The highest BCUT2D eigenvalue weighted by atomic mass is 79.9. The third kappa shape index (κ3) is 3.04. The molecule has 0 radical (unpaired) electrons. The molecule has 0 unspecified atom stereocenters. The molecule has 0 saturated carbocycles. The minimum Gasteiger partial charge on any atom is -0.284 e. The molecule has 0 bridgehead atoms. The van der Waals surface area contributed by atoms with Crippen molar-refractivity contribution in [1.29, 1.82) is 0 Å². The fraction of sp³-hybridized carbons (Fsp3) is 0.182. The Hall–Kier alpha value is -1.07. The Morgan fingerprint density at radius 2 is 2.08 bits per heavy atom. The van der Waals surface area contributed by atoms with Gasteiger partial charge >= 0.3 is 0 Å². The molecule has 1 aromatic carbocycles. The van der Waals surface area contributed by atoms with E-state index < -0.39 is 0 Å². The molecule has 1 nitrogen and oxygen atoms in total. The molecular weight excluding hydrogens is 226 g/mol.